The summed E-state index contributed by atoms with van der Waals surface area (Å²) in [5, 5.41) is 4.27. The molecule has 2 atom stereocenters. The number of ether oxygens (including phenoxy) is 1. The maximum atomic E-state index is 12.1. The third kappa shape index (κ3) is 4.54. The van der Waals surface area contributed by atoms with Crippen LogP contribution in [0.15, 0.2) is 12.3 Å². The summed E-state index contributed by atoms with van der Waals surface area (Å²) in [4.78, 5) is 0. The Kier molecular flexibility index (Phi) is 5.29. The predicted molar refractivity (Wildman–Crippen MR) is 85.9 cm³/mol. The number of hydrogen-bond acceptors (Lipinski definition) is 4. The molecular weight excluding hydrogens is 302 g/mol. The summed E-state index contributed by atoms with van der Waals surface area (Å²) in [6, 6.07) is 1.95. The summed E-state index contributed by atoms with van der Waals surface area (Å²) in [7, 11) is -3.26. The first-order valence-electron chi connectivity index (χ1n) is 7.82. The van der Waals surface area contributed by atoms with Gasteiger partial charge in [0.1, 0.15) is 6.10 Å². The third-order valence-electron chi connectivity index (χ3n) is 3.74. The van der Waals surface area contributed by atoms with Crippen molar-refractivity contribution in [2.24, 2.45) is 11.3 Å². The molecule has 0 radical (unpaired) electrons. The van der Waals surface area contributed by atoms with E-state index in [2.05, 4.69) is 9.82 Å². The Bertz CT molecular complexity index is 589. The molecule has 1 aromatic heterocycles. The van der Waals surface area contributed by atoms with Crippen molar-refractivity contribution in [3.8, 4) is 0 Å². The van der Waals surface area contributed by atoms with Crippen LogP contribution in [0.25, 0.3) is 0 Å². The first-order chi connectivity index (χ1) is 10.2. The second-order valence-electron chi connectivity index (χ2n) is 7.08. The van der Waals surface area contributed by atoms with E-state index in [0.29, 0.717) is 13.2 Å². The Morgan fingerprint density at radius 1 is 1.45 bits per heavy atom. The van der Waals surface area contributed by atoms with Crippen LogP contribution in [-0.4, -0.2) is 37.1 Å². The molecule has 1 aliphatic rings. The lowest BCUT2D eigenvalue weighted by atomic mass is 9.99. The van der Waals surface area contributed by atoms with Gasteiger partial charge in [-0.2, -0.15) is 5.10 Å². The van der Waals surface area contributed by atoms with Crippen LogP contribution in [0.4, 0.5) is 0 Å². The van der Waals surface area contributed by atoms with Crippen molar-refractivity contribution < 1.29 is 13.2 Å². The minimum absolute atomic E-state index is 0.0835. The van der Waals surface area contributed by atoms with Crippen molar-refractivity contribution in [3.63, 3.8) is 0 Å². The van der Waals surface area contributed by atoms with E-state index in [1.54, 1.807) is 6.20 Å². The highest BCUT2D eigenvalue weighted by Crippen LogP contribution is 2.34. The molecule has 2 heterocycles. The highest BCUT2D eigenvalue weighted by molar-refractivity contribution is 7.89. The van der Waals surface area contributed by atoms with Crippen molar-refractivity contribution in [1.82, 2.24) is 14.5 Å². The lowest BCUT2D eigenvalue weighted by molar-refractivity contribution is 0.0842. The topological polar surface area (TPSA) is 73.2 Å². The number of aryl methyl sites for hydroxylation is 1. The average Bonchev–Trinajstić information content (AvgIpc) is 3.01. The van der Waals surface area contributed by atoms with Gasteiger partial charge in [0.05, 0.1) is 11.4 Å². The number of hydrogen-bond donors (Lipinski definition) is 1. The average molecular weight is 329 g/mol. The van der Waals surface area contributed by atoms with E-state index in [1.165, 1.54) is 0 Å². The van der Waals surface area contributed by atoms with Crippen LogP contribution in [-0.2, 0) is 21.3 Å². The summed E-state index contributed by atoms with van der Waals surface area (Å²) in [6.07, 6.45) is 2.54. The van der Waals surface area contributed by atoms with Gasteiger partial charge in [-0.3, -0.25) is 4.68 Å². The highest BCUT2D eigenvalue weighted by atomic mass is 32.2. The van der Waals surface area contributed by atoms with Crippen molar-refractivity contribution in [1.29, 1.82) is 0 Å². The van der Waals surface area contributed by atoms with Gasteiger partial charge in [0.2, 0.25) is 10.0 Å². The maximum Gasteiger partial charge on any atom is 0.212 e. The molecular formula is C15H27N3O3S. The standard InChI is InChI=1S/C15H27N3O3S/c1-5-18-13(6-8-16-18)14-12(7-9-21-14)10-17-22(19,20)11-15(2,3)4/h6,8,12,14,17H,5,7,9-11H2,1-4H3/t12-,14+/m0/s1. The van der Waals surface area contributed by atoms with Gasteiger partial charge in [0.15, 0.2) is 0 Å². The zero-order valence-corrected chi connectivity index (χ0v) is 14.7. The van der Waals surface area contributed by atoms with E-state index >= 15 is 0 Å². The summed E-state index contributed by atoms with van der Waals surface area (Å²) in [5.41, 5.74) is 0.776. The quantitative estimate of drug-likeness (QED) is 0.866. The van der Waals surface area contributed by atoms with E-state index in [0.717, 1.165) is 18.7 Å². The van der Waals surface area contributed by atoms with Crippen LogP contribution in [0.1, 0.15) is 45.9 Å². The molecule has 0 unspecified atom stereocenters. The Morgan fingerprint density at radius 3 is 2.82 bits per heavy atom. The van der Waals surface area contributed by atoms with Gasteiger partial charge in [-0.25, -0.2) is 13.1 Å². The Balaban J connectivity index is 2.00. The van der Waals surface area contributed by atoms with Gasteiger partial charge >= 0.3 is 0 Å². The van der Waals surface area contributed by atoms with Gasteiger partial charge in [-0.05, 0) is 24.8 Å². The van der Waals surface area contributed by atoms with Crippen LogP contribution in [0.2, 0.25) is 0 Å². The van der Waals surface area contributed by atoms with Gasteiger partial charge < -0.3 is 4.74 Å². The molecule has 0 bridgehead atoms. The Labute approximate surface area is 133 Å². The number of sulfonamides is 1. The molecule has 0 amide bonds. The van der Waals surface area contributed by atoms with Crippen molar-refractivity contribution >= 4 is 10.0 Å². The Hall–Kier alpha value is -0.920. The summed E-state index contributed by atoms with van der Waals surface area (Å²) in [6.45, 7) is 9.66. The normalized spacial score (nSPS) is 23.1. The SMILES string of the molecule is CCn1nccc1[C@@H]1OCC[C@H]1CNS(=O)(=O)CC(C)(C)C. The van der Waals surface area contributed by atoms with Crippen molar-refractivity contribution in [2.45, 2.75) is 46.8 Å². The number of aromatic nitrogens is 2. The molecule has 0 spiro atoms. The van der Waals surface area contributed by atoms with E-state index in [9.17, 15) is 8.42 Å². The van der Waals surface area contributed by atoms with E-state index in [1.807, 2.05) is 38.4 Å². The zero-order valence-electron chi connectivity index (χ0n) is 13.9. The molecule has 1 fully saturated rings. The molecule has 2 rings (SSSR count). The minimum Gasteiger partial charge on any atom is -0.372 e. The molecule has 1 aromatic rings. The van der Waals surface area contributed by atoms with Crippen molar-refractivity contribution in [2.75, 3.05) is 18.9 Å². The second-order valence-corrected chi connectivity index (χ2v) is 8.89. The maximum absolute atomic E-state index is 12.1. The first-order valence-corrected chi connectivity index (χ1v) is 9.48. The van der Waals surface area contributed by atoms with Gasteiger partial charge in [-0.15, -0.1) is 0 Å². The van der Waals surface area contributed by atoms with Crippen LogP contribution in [0.3, 0.4) is 0 Å². The van der Waals surface area contributed by atoms with Crippen molar-refractivity contribution in [3.05, 3.63) is 18.0 Å². The highest BCUT2D eigenvalue weighted by Gasteiger charge is 2.33. The molecule has 22 heavy (non-hydrogen) atoms. The number of rotatable bonds is 6. The van der Waals surface area contributed by atoms with Gasteiger partial charge in [-0.1, -0.05) is 20.8 Å². The molecule has 126 valence electrons. The molecule has 0 saturated carbocycles. The predicted octanol–water partition coefficient (Wildman–Crippen LogP) is 1.95. The van der Waals surface area contributed by atoms with Crippen LogP contribution >= 0.6 is 0 Å². The molecule has 7 heteroatoms. The fourth-order valence-corrected chi connectivity index (χ4v) is 4.58. The van der Waals surface area contributed by atoms with Crippen LogP contribution in [0.5, 0.6) is 0 Å². The second kappa shape index (κ2) is 6.68. The summed E-state index contributed by atoms with van der Waals surface area (Å²) < 4.78 is 34.8. The fraction of sp³-hybridized carbons (Fsp3) is 0.800. The smallest absolute Gasteiger partial charge is 0.212 e. The molecule has 1 N–H and O–H groups in total. The van der Waals surface area contributed by atoms with Crippen LogP contribution in [0, 0.1) is 11.3 Å². The molecule has 1 aliphatic heterocycles. The molecule has 0 aliphatic carbocycles. The molecule has 0 aromatic carbocycles. The summed E-state index contributed by atoms with van der Waals surface area (Å²) >= 11 is 0. The zero-order chi connectivity index (χ0) is 16.4. The minimum atomic E-state index is -3.26. The van der Waals surface area contributed by atoms with E-state index in [-0.39, 0.29) is 23.2 Å². The monoisotopic (exact) mass is 329 g/mol. The Morgan fingerprint density at radius 2 is 2.18 bits per heavy atom. The fourth-order valence-electron chi connectivity index (χ4n) is 2.87. The third-order valence-corrected chi connectivity index (χ3v) is 5.60. The van der Waals surface area contributed by atoms with Gasteiger partial charge in [0.25, 0.3) is 0 Å². The van der Waals surface area contributed by atoms with Crippen LogP contribution < -0.4 is 4.72 Å². The van der Waals surface area contributed by atoms with E-state index in [4.69, 9.17) is 4.74 Å². The summed E-state index contributed by atoms with van der Waals surface area (Å²) in [5.74, 6) is 0.280. The molecule has 1 saturated heterocycles. The molecule has 6 nitrogen and oxygen atoms in total. The largest absolute Gasteiger partial charge is 0.372 e. The number of nitrogens with zero attached hydrogens (tertiary/aromatic N) is 2. The number of nitrogens with one attached hydrogen (secondary N) is 1. The van der Waals surface area contributed by atoms with Gasteiger partial charge in [0, 0.05) is 31.8 Å². The lowest BCUT2D eigenvalue weighted by Gasteiger charge is -2.22. The van der Waals surface area contributed by atoms with E-state index < -0.39 is 10.0 Å². The lowest BCUT2D eigenvalue weighted by Crippen LogP contribution is -2.36. The first kappa shape index (κ1) is 17.4.